The first-order valence-corrected chi connectivity index (χ1v) is 11.4. The van der Waals surface area contributed by atoms with Crippen molar-refractivity contribution in [2.24, 2.45) is 0 Å². The van der Waals surface area contributed by atoms with Gasteiger partial charge in [0.2, 0.25) is 0 Å². The minimum Gasteiger partial charge on any atom is -0.462 e. The molecule has 0 radical (unpaired) electrons. The van der Waals surface area contributed by atoms with Crippen molar-refractivity contribution in [3.63, 3.8) is 0 Å². The van der Waals surface area contributed by atoms with E-state index in [-0.39, 0.29) is 17.6 Å². The summed E-state index contributed by atoms with van der Waals surface area (Å²) < 4.78 is 5.16. The quantitative estimate of drug-likeness (QED) is 0.278. The van der Waals surface area contributed by atoms with Gasteiger partial charge in [0, 0.05) is 15.1 Å². The van der Waals surface area contributed by atoms with Crippen LogP contribution in [-0.2, 0) is 11.2 Å². The van der Waals surface area contributed by atoms with E-state index in [0.717, 1.165) is 21.7 Å². The zero-order chi connectivity index (χ0) is 21.5. The van der Waals surface area contributed by atoms with Crippen LogP contribution in [0.25, 0.3) is 10.4 Å². The Hall–Kier alpha value is -2.75. The highest BCUT2D eigenvalue weighted by atomic mass is 32.1. The number of benzene rings is 1. The average molecular weight is 460 g/mol. The predicted octanol–water partition coefficient (Wildman–Crippen LogP) is 4.85. The number of thiocarbonyl (C=S) groups is 1. The van der Waals surface area contributed by atoms with Gasteiger partial charge in [0.25, 0.3) is 5.91 Å². The van der Waals surface area contributed by atoms with E-state index >= 15 is 0 Å². The highest BCUT2D eigenvalue weighted by molar-refractivity contribution is 7.80. The fourth-order valence-electron chi connectivity index (χ4n) is 2.59. The molecule has 30 heavy (non-hydrogen) atoms. The molecule has 0 spiro atoms. The van der Waals surface area contributed by atoms with Gasteiger partial charge in [-0.25, -0.2) is 4.79 Å². The molecule has 156 valence electrons. The third kappa shape index (κ3) is 5.44. The molecule has 0 saturated heterocycles. The van der Waals surface area contributed by atoms with Gasteiger partial charge in [0.1, 0.15) is 5.00 Å². The number of aryl methyl sites for hydroxylation is 1. The summed E-state index contributed by atoms with van der Waals surface area (Å²) in [5.74, 6) is -0.715. The monoisotopic (exact) mass is 459 g/mol. The number of carbonyl (C=O) groups is 2. The summed E-state index contributed by atoms with van der Waals surface area (Å²) in [5, 5.41) is 5.50. The largest absolute Gasteiger partial charge is 0.462 e. The topological polar surface area (TPSA) is 79.5 Å². The lowest BCUT2D eigenvalue weighted by atomic mass is 10.1. The van der Waals surface area contributed by atoms with Gasteiger partial charge in [0.05, 0.1) is 17.7 Å². The van der Waals surface area contributed by atoms with Crippen LogP contribution in [0.1, 0.15) is 39.4 Å². The molecule has 0 aliphatic rings. The Bertz CT molecular complexity index is 1040. The van der Waals surface area contributed by atoms with E-state index in [2.05, 4.69) is 16.2 Å². The number of hydrazine groups is 1. The Labute approximate surface area is 188 Å². The maximum Gasteiger partial charge on any atom is 0.341 e. The minimum absolute atomic E-state index is 0.168. The van der Waals surface area contributed by atoms with Crippen LogP contribution in [0, 0.1) is 0 Å². The molecule has 1 aromatic carbocycles. The van der Waals surface area contributed by atoms with E-state index in [1.807, 2.05) is 43.3 Å². The van der Waals surface area contributed by atoms with Gasteiger partial charge in [-0.1, -0.05) is 37.3 Å². The molecule has 6 nitrogen and oxygen atoms in total. The first-order chi connectivity index (χ1) is 14.5. The number of amides is 1. The lowest BCUT2D eigenvalue weighted by Gasteiger charge is -2.11. The Morgan fingerprint density at radius 3 is 2.53 bits per heavy atom. The number of anilines is 1. The van der Waals surface area contributed by atoms with Gasteiger partial charge in [-0.05, 0) is 43.3 Å². The number of hydrogen-bond donors (Lipinski definition) is 3. The number of carbonyl (C=O) groups excluding carboxylic acids is 2. The minimum atomic E-state index is -0.435. The van der Waals surface area contributed by atoms with E-state index in [0.29, 0.717) is 16.1 Å². The number of ether oxygens (including phenoxy) is 1. The molecule has 3 N–H and O–H groups in total. The van der Waals surface area contributed by atoms with Crippen molar-refractivity contribution in [3.8, 4) is 10.4 Å². The van der Waals surface area contributed by atoms with Gasteiger partial charge in [-0.15, -0.1) is 22.7 Å². The van der Waals surface area contributed by atoms with Crippen molar-refractivity contribution in [3.05, 3.63) is 63.8 Å². The van der Waals surface area contributed by atoms with Crippen LogP contribution in [0.3, 0.4) is 0 Å². The third-order valence-electron chi connectivity index (χ3n) is 4.07. The molecular formula is C21H21N3O3S3. The number of thiophene rings is 2. The molecule has 3 rings (SSSR count). The normalized spacial score (nSPS) is 10.3. The van der Waals surface area contributed by atoms with Crippen LogP contribution in [0.5, 0.6) is 0 Å². The van der Waals surface area contributed by atoms with Crippen molar-refractivity contribution in [2.75, 3.05) is 11.9 Å². The standard InChI is InChI=1S/C21H21N3O3S3/c1-3-15-10-14(12-29-15)18(25)23-24-21(28)22-19-16(20(26)27-4-2)11-17(30-19)13-8-6-5-7-9-13/h5-12H,3-4H2,1-2H3,(H,23,25)(H2,22,24,28). The molecule has 0 fully saturated rings. The fraction of sp³-hybridized carbons (Fsp3) is 0.190. The van der Waals surface area contributed by atoms with Gasteiger partial charge in [-0.2, -0.15) is 0 Å². The van der Waals surface area contributed by atoms with Crippen LogP contribution in [0.2, 0.25) is 0 Å². The van der Waals surface area contributed by atoms with Crippen molar-refractivity contribution >= 4 is 56.9 Å². The van der Waals surface area contributed by atoms with E-state index in [4.69, 9.17) is 17.0 Å². The Morgan fingerprint density at radius 1 is 1.10 bits per heavy atom. The molecular weight excluding hydrogens is 438 g/mol. The second kappa shape index (κ2) is 10.3. The van der Waals surface area contributed by atoms with Crippen molar-refractivity contribution in [1.29, 1.82) is 0 Å². The van der Waals surface area contributed by atoms with Crippen LogP contribution < -0.4 is 16.2 Å². The smallest absolute Gasteiger partial charge is 0.341 e. The second-order valence-corrected chi connectivity index (χ2v) is 8.58. The zero-order valence-electron chi connectivity index (χ0n) is 16.5. The van der Waals surface area contributed by atoms with Crippen LogP contribution in [-0.4, -0.2) is 23.6 Å². The number of nitrogens with one attached hydrogen (secondary N) is 3. The van der Waals surface area contributed by atoms with E-state index in [1.165, 1.54) is 22.7 Å². The summed E-state index contributed by atoms with van der Waals surface area (Å²) >= 11 is 8.21. The zero-order valence-corrected chi connectivity index (χ0v) is 18.9. The van der Waals surface area contributed by atoms with Gasteiger partial charge >= 0.3 is 5.97 Å². The SMILES string of the molecule is CCOC(=O)c1cc(-c2ccccc2)sc1NC(=S)NNC(=O)c1csc(CC)c1. The molecule has 9 heteroatoms. The Kier molecular flexibility index (Phi) is 7.56. The van der Waals surface area contributed by atoms with E-state index in [9.17, 15) is 9.59 Å². The molecule has 0 aliphatic heterocycles. The summed E-state index contributed by atoms with van der Waals surface area (Å²) in [6.45, 7) is 4.07. The first-order valence-electron chi connectivity index (χ1n) is 9.33. The Morgan fingerprint density at radius 2 is 1.87 bits per heavy atom. The predicted molar refractivity (Wildman–Crippen MR) is 126 cm³/mol. The summed E-state index contributed by atoms with van der Waals surface area (Å²) in [6.07, 6.45) is 0.879. The fourth-order valence-corrected chi connectivity index (χ4v) is 4.68. The second-order valence-electron chi connectivity index (χ2n) is 6.13. The van der Waals surface area contributed by atoms with Crippen LogP contribution in [0.4, 0.5) is 5.00 Å². The molecule has 0 atom stereocenters. The van der Waals surface area contributed by atoms with Crippen molar-refractivity contribution in [2.45, 2.75) is 20.3 Å². The highest BCUT2D eigenvalue weighted by Gasteiger charge is 2.19. The molecule has 0 saturated carbocycles. The number of hydrogen-bond acceptors (Lipinski definition) is 6. The molecule has 3 aromatic rings. The number of rotatable bonds is 6. The summed E-state index contributed by atoms with van der Waals surface area (Å²) in [7, 11) is 0. The third-order valence-corrected chi connectivity index (χ3v) is 6.45. The highest BCUT2D eigenvalue weighted by Crippen LogP contribution is 2.35. The van der Waals surface area contributed by atoms with Crippen LogP contribution in [0.15, 0.2) is 47.8 Å². The average Bonchev–Trinajstić information content (AvgIpc) is 3.40. The Balaban J connectivity index is 1.70. The molecule has 2 heterocycles. The molecule has 0 aliphatic carbocycles. The van der Waals surface area contributed by atoms with Gasteiger partial charge in [-0.3, -0.25) is 15.6 Å². The summed E-state index contributed by atoms with van der Waals surface area (Å²) in [4.78, 5) is 26.7. The lowest BCUT2D eigenvalue weighted by Crippen LogP contribution is -2.43. The van der Waals surface area contributed by atoms with E-state index in [1.54, 1.807) is 18.4 Å². The van der Waals surface area contributed by atoms with Gasteiger partial charge in [0.15, 0.2) is 5.11 Å². The molecule has 1 amide bonds. The molecule has 2 aromatic heterocycles. The van der Waals surface area contributed by atoms with Gasteiger partial charge < -0.3 is 10.1 Å². The first kappa shape index (κ1) is 21.9. The summed E-state index contributed by atoms with van der Waals surface area (Å²) in [6, 6.07) is 13.4. The maximum atomic E-state index is 12.4. The lowest BCUT2D eigenvalue weighted by molar-refractivity contribution is 0.0528. The van der Waals surface area contributed by atoms with Crippen molar-refractivity contribution in [1.82, 2.24) is 10.9 Å². The molecule has 0 bridgehead atoms. The van der Waals surface area contributed by atoms with Crippen LogP contribution >= 0.6 is 34.9 Å². The van der Waals surface area contributed by atoms with Crippen molar-refractivity contribution < 1.29 is 14.3 Å². The molecule has 0 unspecified atom stereocenters. The number of esters is 1. The maximum absolute atomic E-state index is 12.4. The van der Waals surface area contributed by atoms with E-state index < -0.39 is 5.97 Å². The summed E-state index contributed by atoms with van der Waals surface area (Å²) in [5.41, 5.74) is 7.20.